The highest BCUT2D eigenvalue weighted by molar-refractivity contribution is 7.87. The monoisotopic (exact) mass is 536 g/mol. The lowest BCUT2D eigenvalue weighted by Gasteiger charge is -2.29. The third-order valence-electron chi connectivity index (χ3n) is 5.53. The number of carbonyl (C=O) groups is 2. The lowest BCUT2D eigenvalue weighted by molar-refractivity contribution is -0.135. The first-order chi connectivity index (χ1) is 16.8. The fourth-order valence-electron chi connectivity index (χ4n) is 3.89. The molecule has 1 N–H and O–H groups in total. The Morgan fingerprint density at radius 2 is 1.86 bits per heavy atom. The van der Waals surface area contributed by atoms with Crippen LogP contribution in [0.5, 0.6) is 5.75 Å². The van der Waals surface area contributed by atoms with Gasteiger partial charge in [0.05, 0.1) is 6.10 Å². The van der Waals surface area contributed by atoms with Crippen LogP contribution < -0.4 is 9.50 Å². The first kappa shape index (κ1) is 28.0. The number of nitrogens with zero attached hydrogens (tertiary/aromatic N) is 1. The molecule has 0 aliphatic carbocycles. The van der Waals surface area contributed by atoms with E-state index in [1.54, 1.807) is 11.0 Å². The first-order valence-corrected chi connectivity index (χ1v) is 13.6. The molecule has 8 nitrogen and oxygen atoms in total. The number of benzene rings is 2. The summed E-state index contributed by atoms with van der Waals surface area (Å²) in [5.41, 5.74) is 0.726. The molecule has 0 saturated carbocycles. The van der Waals surface area contributed by atoms with Crippen LogP contribution in [0.3, 0.4) is 0 Å². The van der Waals surface area contributed by atoms with E-state index in [0.29, 0.717) is 35.8 Å². The molecule has 196 valence electrons. The Labute approximate surface area is 218 Å². The lowest BCUT2D eigenvalue weighted by atomic mass is 9.91. The highest BCUT2D eigenvalue weighted by Gasteiger charge is 2.27. The second kappa shape index (κ2) is 11.6. The van der Waals surface area contributed by atoms with E-state index in [2.05, 4.69) is 5.32 Å². The molecule has 0 unspecified atom stereocenters. The van der Waals surface area contributed by atoms with E-state index in [9.17, 15) is 18.0 Å². The number of anilines is 1. The van der Waals surface area contributed by atoms with E-state index < -0.39 is 10.1 Å². The summed E-state index contributed by atoms with van der Waals surface area (Å²) >= 11 is 6.24. The van der Waals surface area contributed by atoms with Crippen molar-refractivity contribution in [3.05, 3.63) is 53.1 Å². The molecule has 2 aromatic carbocycles. The molecule has 1 saturated heterocycles. The summed E-state index contributed by atoms with van der Waals surface area (Å²) in [6.45, 7) is 8.53. The standard InChI is InChI=1S/C26H33ClN2O6S/c1-18(30)28-21-8-10-23(11-9-21)36(32,33)35-24-12-7-20(27)14-19(24)16-29(17-22-6-5-13-34-22)25(31)15-26(2,3)4/h7-12,14,22H,5-6,13,15-17H2,1-4H3,(H,28,30)/t22-/m1/s1. The Bertz CT molecular complexity index is 1190. The molecule has 3 rings (SSSR count). The molecule has 0 radical (unpaired) electrons. The van der Waals surface area contributed by atoms with Crippen LogP contribution in [0.1, 0.15) is 52.5 Å². The Hall–Kier alpha value is -2.62. The minimum atomic E-state index is -4.19. The molecule has 0 spiro atoms. The molecular weight excluding hydrogens is 504 g/mol. The first-order valence-electron chi connectivity index (χ1n) is 11.8. The largest absolute Gasteiger partial charge is 0.379 e. The zero-order valence-electron chi connectivity index (χ0n) is 21.0. The van der Waals surface area contributed by atoms with Gasteiger partial charge in [0.1, 0.15) is 10.6 Å². The minimum Gasteiger partial charge on any atom is -0.379 e. The third-order valence-corrected chi connectivity index (χ3v) is 7.01. The summed E-state index contributed by atoms with van der Waals surface area (Å²) in [4.78, 5) is 26.0. The van der Waals surface area contributed by atoms with Gasteiger partial charge in [-0.25, -0.2) is 0 Å². The number of amides is 2. The Morgan fingerprint density at radius 1 is 1.17 bits per heavy atom. The topological polar surface area (TPSA) is 102 Å². The number of nitrogens with one attached hydrogen (secondary N) is 1. The van der Waals surface area contributed by atoms with Gasteiger partial charge in [-0.1, -0.05) is 32.4 Å². The molecule has 2 aromatic rings. The van der Waals surface area contributed by atoms with Gasteiger partial charge in [0.15, 0.2) is 0 Å². The Kier molecular flexibility index (Phi) is 9.03. The van der Waals surface area contributed by atoms with Crippen LogP contribution in [0.25, 0.3) is 0 Å². The van der Waals surface area contributed by atoms with E-state index in [4.69, 9.17) is 20.5 Å². The molecule has 10 heteroatoms. The van der Waals surface area contributed by atoms with Gasteiger partial charge < -0.3 is 19.1 Å². The van der Waals surface area contributed by atoms with Crippen molar-refractivity contribution < 1.29 is 26.9 Å². The molecule has 1 heterocycles. The van der Waals surface area contributed by atoms with Gasteiger partial charge in [-0.2, -0.15) is 8.42 Å². The predicted molar refractivity (Wildman–Crippen MR) is 138 cm³/mol. The molecule has 2 amide bonds. The summed E-state index contributed by atoms with van der Waals surface area (Å²) in [7, 11) is -4.19. The smallest absolute Gasteiger partial charge is 0.339 e. The number of hydrogen-bond donors (Lipinski definition) is 1. The average Bonchev–Trinajstić information content (AvgIpc) is 3.27. The van der Waals surface area contributed by atoms with Crippen LogP contribution in [0.4, 0.5) is 5.69 Å². The zero-order valence-corrected chi connectivity index (χ0v) is 22.6. The van der Waals surface area contributed by atoms with Crippen molar-refractivity contribution in [3.63, 3.8) is 0 Å². The molecule has 1 atom stereocenters. The summed E-state index contributed by atoms with van der Waals surface area (Å²) in [5, 5.41) is 2.99. The van der Waals surface area contributed by atoms with Crippen LogP contribution in [-0.4, -0.2) is 44.4 Å². The maximum atomic E-state index is 13.2. The Balaban J connectivity index is 1.86. The maximum Gasteiger partial charge on any atom is 0.339 e. The van der Waals surface area contributed by atoms with E-state index >= 15 is 0 Å². The van der Waals surface area contributed by atoms with Gasteiger partial charge in [-0.05, 0) is 60.7 Å². The van der Waals surface area contributed by atoms with Crippen LogP contribution in [0, 0.1) is 5.41 Å². The van der Waals surface area contributed by atoms with Crippen LogP contribution >= 0.6 is 11.6 Å². The molecule has 1 aliphatic heterocycles. The molecule has 1 fully saturated rings. The van der Waals surface area contributed by atoms with E-state index in [-0.39, 0.29) is 40.5 Å². The van der Waals surface area contributed by atoms with Crippen molar-refractivity contribution in [1.82, 2.24) is 4.90 Å². The molecule has 0 bridgehead atoms. The summed E-state index contributed by atoms with van der Waals surface area (Å²) in [5.74, 6) is -0.229. The van der Waals surface area contributed by atoms with Crippen LogP contribution in [-0.2, 0) is 31.0 Å². The van der Waals surface area contributed by atoms with E-state index in [0.717, 1.165) is 12.8 Å². The van der Waals surface area contributed by atoms with Gasteiger partial charge in [-0.3, -0.25) is 9.59 Å². The van der Waals surface area contributed by atoms with Crippen molar-refractivity contribution in [1.29, 1.82) is 0 Å². The second-order valence-electron chi connectivity index (χ2n) is 10.1. The van der Waals surface area contributed by atoms with Gasteiger partial charge in [0.25, 0.3) is 0 Å². The van der Waals surface area contributed by atoms with Crippen molar-refractivity contribution >= 4 is 39.2 Å². The number of ether oxygens (including phenoxy) is 1. The molecule has 1 aliphatic rings. The summed E-state index contributed by atoms with van der Waals surface area (Å²) in [6, 6.07) is 10.3. The highest BCUT2D eigenvalue weighted by atomic mass is 35.5. The van der Waals surface area contributed by atoms with Crippen molar-refractivity contribution in [2.45, 2.75) is 64.5 Å². The van der Waals surface area contributed by atoms with E-state index in [1.807, 2.05) is 20.8 Å². The fourth-order valence-corrected chi connectivity index (χ4v) is 5.05. The lowest BCUT2D eigenvalue weighted by Crippen LogP contribution is -2.38. The zero-order chi connectivity index (χ0) is 26.5. The third kappa shape index (κ3) is 8.21. The number of hydrogen-bond acceptors (Lipinski definition) is 6. The molecular formula is C26H33ClN2O6S. The van der Waals surface area contributed by atoms with Crippen molar-refractivity contribution in [2.24, 2.45) is 5.41 Å². The number of rotatable bonds is 9. The predicted octanol–water partition coefficient (Wildman–Crippen LogP) is 5.01. The van der Waals surface area contributed by atoms with Crippen molar-refractivity contribution in [2.75, 3.05) is 18.5 Å². The van der Waals surface area contributed by atoms with Crippen molar-refractivity contribution in [3.8, 4) is 5.75 Å². The quantitative estimate of drug-likeness (QED) is 0.452. The maximum absolute atomic E-state index is 13.2. The Morgan fingerprint density at radius 3 is 2.44 bits per heavy atom. The highest BCUT2D eigenvalue weighted by Crippen LogP contribution is 2.30. The van der Waals surface area contributed by atoms with Gasteiger partial charge in [0, 0.05) is 49.3 Å². The number of carbonyl (C=O) groups excluding carboxylic acids is 2. The van der Waals surface area contributed by atoms with Gasteiger partial charge in [-0.15, -0.1) is 0 Å². The SMILES string of the molecule is CC(=O)Nc1ccc(S(=O)(=O)Oc2ccc(Cl)cc2CN(C[C@H]2CCCO2)C(=O)CC(C)(C)C)cc1. The number of halogens is 1. The molecule has 0 aromatic heterocycles. The summed E-state index contributed by atoms with van der Waals surface area (Å²) < 4.78 is 37.3. The average molecular weight is 537 g/mol. The molecule has 36 heavy (non-hydrogen) atoms. The minimum absolute atomic E-state index is 0.0552. The van der Waals surface area contributed by atoms with Gasteiger partial charge in [0.2, 0.25) is 11.8 Å². The second-order valence-corrected chi connectivity index (χ2v) is 12.1. The fraction of sp³-hybridized carbons (Fsp3) is 0.462. The normalized spacial score (nSPS) is 16.0. The summed E-state index contributed by atoms with van der Waals surface area (Å²) in [6.07, 6.45) is 2.07. The van der Waals surface area contributed by atoms with Gasteiger partial charge >= 0.3 is 10.1 Å². The van der Waals surface area contributed by atoms with E-state index in [1.165, 1.54) is 43.3 Å². The van der Waals surface area contributed by atoms with Crippen LogP contribution in [0.2, 0.25) is 5.02 Å². The van der Waals surface area contributed by atoms with Crippen LogP contribution in [0.15, 0.2) is 47.4 Å².